The van der Waals surface area contributed by atoms with Crippen molar-refractivity contribution < 1.29 is 0 Å². The standard InChI is InChI=1S/C16H24N2/c1-2-18-16(11-12-5-7-17-8-6-12)15-10-13-3-4-14(15)9-13/h5-8,13-16,18H,2-4,9-11H2,1H3. The first-order valence-electron chi connectivity index (χ1n) is 7.49. The van der Waals surface area contributed by atoms with Gasteiger partial charge >= 0.3 is 0 Å². The zero-order valence-corrected chi connectivity index (χ0v) is 11.3. The second-order valence-corrected chi connectivity index (χ2v) is 6.06. The Labute approximate surface area is 110 Å². The molecule has 98 valence electrons. The van der Waals surface area contributed by atoms with Crippen molar-refractivity contribution >= 4 is 0 Å². The molecule has 0 radical (unpaired) electrons. The van der Waals surface area contributed by atoms with Gasteiger partial charge in [-0.3, -0.25) is 4.98 Å². The van der Waals surface area contributed by atoms with Crippen LogP contribution >= 0.6 is 0 Å². The molecule has 4 unspecified atom stereocenters. The Hall–Kier alpha value is -0.890. The number of nitrogens with one attached hydrogen (secondary N) is 1. The van der Waals surface area contributed by atoms with E-state index in [9.17, 15) is 0 Å². The van der Waals surface area contributed by atoms with Crippen molar-refractivity contribution in [2.24, 2.45) is 17.8 Å². The van der Waals surface area contributed by atoms with Gasteiger partial charge in [-0.15, -0.1) is 0 Å². The van der Waals surface area contributed by atoms with Crippen molar-refractivity contribution in [2.45, 2.75) is 45.1 Å². The van der Waals surface area contributed by atoms with Crippen LogP contribution in [0, 0.1) is 17.8 Å². The third kappa shape index (κ3) is 2.44. The SMILES string of the molecule is CCNC(Cc1ccncc1)C1CC2CCC1C2. The van der Waals surface area contributed by atoms with E-state index in [1.165, 1.54) is 37.7 Å². The fraction of sp³-hybridized carbons (Fsp3) is 0.688. The van der Waals surface area contributed by atoms with Gasteiger partial charge in [0.1, 0.15) is 0 Å². The van der Waals surface area contributed by atoms with E-state index in [1.807, 2.05) is 12.4 Å². The molecular formula is C16H24N2. The minimum Gasteiger partial charge on any atom is -0.314 e. The molecule has 2 fully saturated rings. The predicted octanol–water partition coefficient (Wildman–Crippen LogP) is 3.04. The highest BCUT2D eigenvalue weighted by Crippen LogP contribution is 2.49. The molecule has 0 amide bonds. The second kappa shape index (κ2) is 5.40. The van der Waals surface area contributed by atoms with Crippen LogP contribution in [0.15, 0.2) is 24.5 Å². The van der Waals surface area contributed by atoms with Crippen LogP contribution in [0.2, 0.25) is 0 Å². The average molecular weight is 244 g/mol. The molecular weight excluding hydrogens is 220 g/mol. The molecule has 0 aromatic carbocycles. The molecule has 0 saturated heterocycles. The molecule has 0 spiro atoms. The topological polar surface area (TPSA) is 24.9 Å². The Bertz CT molecular complexity index is 376. The fourth-order valence-electron chi connectivity index (χ4n) is 4.20. The van der Waals surface area contributed by atoms with E-state index in [-0.39, 0.29) is 0 Å². The van der Waals surface area contributed by atoms with Gasteiger partial charge in [0.05, 0.1) is 0 Å². The van der Waals surface area contributed by atoms with E-state index in [0.29, 0.717) is 6.04 Å². The lowest BCUT2D eigenvalue weighted by atomic mass is 9.81. The molecule has 2 bridgehead atoms. The first kappa shape index (κ1) is 12.2. The smallest absolute Gasteiger partial charge is 0.0270 e. The number of aromatic nitrogens is 1. The van der Waals surface area contributed by atoms with E-state index >= 15 is 0 Å². The summed E-state index contributed by atoms with van der Waals surface area (Å²) in [5.41, 5.74) is 1.43. The van der Waals surface area contributed by atoms with Crippen LogP contribution in [0.5, 0.6) is 0 Å². The molecule has 2 nitrogen and oxygen atoms in total. The van der Waals surface area contributed by atoms with Gasteiger partial charge < -0.3 is 5.32 Å². The minimum absolute atomic E-state index is 0.674. The molecule has 2 saturated carbocycles. The number of rotatable bonds is 5. The Kier molecular flexibility index (Phi) is 3.64. The monoisotopic (exact) mass is 244 g/mol. The molecule has 1 aromatic rings. The van der Waals surface area contributed by atoms with Gasteiger partial charge in [0.25, 0.3) is 0 Å². The van der Waals surface area contributed by atoms with Crippen molar-refractivity contribution in [1.82, 2.24) is 10.3 Å². The maximum Gasteiger partial charge on any atom is 0.0270 e. The number of fused-ring (bicyclic) bond motifs is 2. The van der Waals surface area contributed by atoms with E-state index in [4.69, 9.17) is 0 Å². The van der Waals surface area contributed by atoms with Crippen LogP contribution in [-0.4, -0.2) is 17.6 Å². The molecule has 4 atom stereocenters. The van der Waals surface area contributed by atoms with Crippen LogP contribution in [0.3, 0.4) is 0 Å². The van der Waals surface area contributed by atoms with Crippen LogP contribution < -0.4 is 5.32 Å². The number of hydrogen-bond donors (Lipinski definition) is 1. The minimum atomic E-state index is 0.674. The molecule has 1 N–H and O–H groups in total. The highest BCUT2D eigenvalue weighted by atomic mass is 14.9. The Morgan fingerprint density at radius 1 is 1.28 bits per heavy atom. The third-order valence-electron chi connectivity index (χ3n) is 4.98. The fourth-order valence-corrected chi connectivity index (χ4v) is 4.20. The summed E-state index contributed by atoms with van der Waals surface area (Å²) in [6, 6.07) is 5.00. The number of hydrogen-bond acceptors (Lipinski definition) is 2. The Morgan fingerprint density at radius 2 is 2.11 bits per heavy atom. The van der Waals surface area contributed by atoms with Crippen molar-refractivity contribution in [1.29, 1.82) is 0 Å². The lowest BCUT2D eigenvalue weighted by molar-refractivity contribution is 0.249. The highest BCUT2D eigenvalue weighted by Gasteiger charge is 2.42. The number of likely N-dealkylation sites (N-methyl/N-ethyl adjacent to an activating group) is 1. The van der Waals surface area contributed by atoms with Gasteiger partial charge in [0, 0.05) is 18.4 Å². The third-order valence-corrected chi connectivity index (χ3v) is 4.98. The number of pyridine rings is 1. The summed E-state index contributed by atoms with van der Waals surface area (Å²) in [4.78, 5) is 4.11. The average Bonchev–Trinajstić information content (AvgIpc) is 3.02. The molecule has 1 aromatic heterocycles. The molecule has 1 heterocycles. The quantitative estimate of drug-likeness (QED) is 0.861. The van der Waals surface area contributed by atoms with Crippen LogP contribution in [0.25, 0.3) is 0 Å². The maximum absolute atomic E-state index is 4.11. The van der Waals surface area contributed by atoms with Crippen molar-refractivity contribution in [3.8, 4) is 0 Å². The van der Waals surface area contributed by atoms with E-state index in [0.717, 1.165) is 24.3 Å². The van der Waals surface area contributed by atoms with Crippen LogP contribution in [-0.2, 0) is 6.42 Å². The van der Waals surface area contributed by atoms with Gasteiger partial charge in [-0.2, -0.15) is 0 Å². The van der Waals surface area contributed by atoms with Gasteiger partial charge in [-0.05, 0) is 67.7 Å². The summed E-state index contributed by atoms with van der Waals surface area (Å²) >= 11 is 0. The normalized spacial score (nSPS) is 31.7. The highest BCUT2D eigenvalue weighted by molar-refractivity contribution is 5.12. The maximum atomic E-state index is 4.11. The molecule has 2 heteroatoms. The van der Waals surface area contributed by atoms with E-state index in [1.54, 1.807) is 0 Å². The number of nitrogens with zero attached hydrogens (tertiary/aromatic N) is 1. The summed E-state index contributed by atoms with van der Waals surface area (Å²) in [5, 5.41) is 3.74. The Morgan fingerprint density at radius 3 is 2.72 bits per heavy atom. The summed E-state index contributed by atoms with van der Waals surface area (Å²) < 4.78 is 0. The van der Waals surface area contributed by atoms with Crippen molar-refractivity contribution in [3.63, 3.8) is 0 Å². The van der Waals surface area contributed by atoms with E-state index < -0.39 is 0 Å². The zero-order chi connectivity index (χ0) is 12.4. The van der Waals surface area contributed by atoms with Gasteiger partial charge in [-0.25, -0.2) is 0 Å². The van der Waals surface area contributed by atoms with Gasteiger partial charge in [0.2, 0.25) is 0 Å². The van der Waals surface area contributed by atoms with Gasteiger partial charge in [0.15, 0.2) is 0 Å². The lowest BCUT2D eigenvalue weighted by Crippen LogP contribution is -2.40. The summed E-state index contributed by atoms with van der Waals surface area (Å²) in [7, 11) is 0. The first-order valence-corrected chi connectivity index (χ1v) is 7.49. The lowest BCUT2D eigenvalue weighted by Gasteiger charge is -2.31. The molecule has 18 heavy (non-hydrogen) atoms. The second-order valence-electron chi connectivity index (χ2n) is 6.06. The molecule has 2 aliphatic carbocycles. The summed E-state index contributed by atoms with van der Waals surface area (Å²) in [6.45, 7) is 3.32. The van der Waals surface area contributed by atoms with E-state index in [2.05, 4.69) is 29.4 Å². The first-order chi connectivity index (χ1) is 8.86. The van der Waals surface area contributed by atoms with Crippen molar-refractivity contribution in [3.05, 3.63) is 30.1 Å². The predicted molar refractivity (Wildman–Crippen MR) is 74.3 cm³/mol. The molecule has 3 rings (SSSR count). The van der Waals surface area contributed by atoms with Crippen molar-refractivity contribution in [2.75, 3.05) is 6.54 Å². The molecule has 0 aliphatic heterocycles. The zero-order valence-electron chi connectivity index (χ0n) is 11.3. The Balaban J connectivity index is 1.68. The summed E-state index contributed by atoms with van der Waals surface area (Å²) in [6.07, 6.45) is 10.9. The molecule has 2 aliphatic rings. The largest absolute Gasteiger partial charge is 0.314 e. The van der Waals surface area contributed by atoms with Crippen LogP contribution in [0.1, 0.15) is 38.2 Å². The summed E-state index contributed by atoms with van der Waals surface area (Å²) in [5.74, 6) is 2.95. The van der Waals surface area contributed by atoms with Gasteiger partial charge in [-0.1, -0.05) is 13.3 Å². The van der Waals surface area contributed by atoms with Crippen LogP contribution in [0.4, 0.5) is 0 Å².